The molecule has 0 aliphatic heterocycles. The SMILES string of the molecule is CCNc1cc(NC2CC(C)C2)nc(-c2ccccc2)n1. The smallest absolute Gasteiger partial charge is 0.163 e. The van der Waals surface area contributed by atoms with Crippen molar-refractivity contribution in [1.29, 1.82) is 0 Å². The van der Waals surface area contributed by atoms with E-state index in [9.17, 15) is 0 Å². The molecular formula is C17H22N4. The lowest BCUT2D eigenvalue weighted by Crippen LogP contribution is -2.34. The van der Waals surface area contributed by atoms with Crippen LogP contribution in [-0.2, 0) is 0 Å². The molecular weight excluding hydrogens is 260 g/mol. The molecule has 2 aromatic rings. The minimum Gasteiger partial charge on any atom is -0.370 e. The predicted octanol–water partition coefficient (Wildman–Crippen LogP) is 3.79. The van der Waals surface area contributed by atoms with E-state index in [1.54, 1.807) is 0 Å². The second kappa shape index (κ2) is 6.12. The summed E-state index contributed by atoms with van der Waals surface area (Å²) >= 11 is 0. The van der Waals surface area contributed by atoms with Crippen molar-refractivity contribution in [3.05, 3.63) is 36.4 Å². The van der Waals surface area contributed by atoms with Gasteiger partial charge in [-0.25, -0.2) is 9.97 Å². The number of hydrogen-bond donors (Lipinski definition) is 2. The van der Waals surface area contributed by atoms with E-state index >= 15 is 0 Å². The van der Waals surface area contributed by atoms with Crippen LogP contribution in [0.2, 0.25) is 0 Å². The summed E-state index contributed by atoms with van der Waals surface area (Å²) in [5.74, 6) is 3.38. The Morgan fingerprint density at radius 2 is 1.81 bits per heavy atom. The highest BCUT2D eigenvalue weighted by atomic mass is 15.1. The van der Waals surface area contributed by atoms with Gasteiger partial charge in [0, 0.05) is 24.2 Å². The molecule has 4 nitrogen and oxygen atoms in total. The van der Waals surface area contributed by atoms with Crippen molar-refractivity contribution in [3.8, 4) is 11.4 Å². The molecule has 0 bridgehead atoms. The standard InChI is InChI=1S/C17H22N4/c1-3-18-15-11-16(19-14-9-12(2)10-14)21-17(20-15)13-7-5-4-6-8-13/h4-8,11-12,14H,3,9-10H2,1-2H3,(H2,18,19,20,21). The summed E-state index contributed by atoms with van der Waals surface area (Å²) in [5.41, 5.74) is 1.04. The molecule has 0 radical (unpaired) electrons. The van der Waals surface area contributed by atoms with Gasteiger partial charge in [-0.3, -0.25) is 0 Å². The van der Waals surface area contributed by atoms with Crippen LogP contribution in [0.4, 0.5) is 11.6 Å². The van der Waals surface area contributed by atoms with Crippen molar-refractivity contribution < 1.29 is 0 Å². The van der Waals surface area contributed by atoms with E-state index in [4.69, 9.17) is 0 Å². The molecule has 1 aliphatic carbocycles. The van der Waals surface area contributed by atoms with Gasteiger partial charge in [0.15, 0.2) is 5.82 Å². The van der Waals surface area contributed by atoms with E-state index < -0.39 is 0 Å². The van der Waals surface area contributed by atoms with Crippen LogP contribution in [0.1, 0.15) is 26.7 Å². The maximum Gasteiger partial charge on any atom is 0.163 e. The van der Waals surface area contributed by atoms with E-state index in [0.29, 0.717) is 6.04 Å². The van der Waals surface area contributed by atoms with Gasteiger partial charge in [-0.2, -0.15) is 0 Å². The summed E-state index contributed by atoms with van der Waals surface area (Å²) in [6, 6.07) is 12.7. The molecule has 3 rings (SSSR count). The summed E-state index contributed by atoms with van der Waals surface area (Å²) in [7, 11) is 0. The zero-order valence-corrected chi connectivity index (χ0v) is 12.6. The monoisotopic (exact) mass is 282 g/mol. The van der Waals surface area contributed by atoms with Crippen LogP contribution >= 0.6 is 0 Å². The lowest BCUT2D eigenvalue weighted by atomic mass is 9.82. The largest absolute Gasteiger partial charge is 0.370 e. The van der Waals surface area contributed by atoms with Crippen LogP contribution < -0.4 is 10.6 Å². The molecule has 110 valence electrons. The van der Waals surface area contributed by atoms with Gasteiger partial charge in [-0.15, -0.1) is 0 Å². The highest BCUT2D eigenvalue weighted by Gasteiger charge is 2.25. The van der Waals surface area contributed by atoms with Crippen molar-refractivity contribution in [2.45, 2.75) is 32.7 Å². The Morgan fingerprint density at radius 1 is 1.10 bits per heavy atom. The zero-order chi connectivity index (χ0) is 14.7. The maximum atomic E-state index is 4.67. The molecule has 1 aliphatic rings. The van der Waals surface area contributed by atoms with E-state index in [1.807, 2.05) is 36.4 Å². The first-order chi connectivity index (χ1) is 10.2. The highest BCUT2D eigenvalue weighted by Crippen LogP contribution is 2.30. The fourth-order valence-corrected chi connectivity index (χ4v) is 2.74. The first-order valence-electron chi connectivity index (χ1n) is 7.69. The van der Waals surface area contributed by atoms with E-state index in [-0.39, 0.29) is 0 Å². The molecule has 0 spiro atoms. The lowest BCUT2D eigenvalue weighted by Gasteiger charge is -2.33. The number of benzene rings is 1. The highest BCUT2D eigenvalue weighted by molar-refractivity contribution is 5.61. The minimum absolute atomic E-state index is 0.549. The summed E-state index contributed by atoms with van der Waals surface area (Å²) in [4.78, 5) is 9.27. The first-order valence-corrected chi connectivity index (χ1v) is 7.69. The third-order valence-corrected chi connectivity index (χ3v) is 3.84. The molecule has 1 heterocycles. The van der Waals surface area contributed by atoms with Gasteiger partial charge in [-0.1, -0.05) is 37.3 Å². The van der Waals surface area contributed by atoms with Gasteiger partial charge in [-0.05, 0) is 25.7 Å². The molecule has 0 atom stereocenters. The molecule has 2 N–H and O–H groups in total. The Bertz CT molecular complexity index is 591. The van der Waals surface area contributed by atoms with Crippen molar-refractivity contribution in [2.75, 3.05) is 17.2 Å². The molecule has 1 fully saturated rings. The van der Waals surface area contributed by atoms with Crippen molar-refractivity contribution in [1.82, 2.24) is 9.97 Å². The Morgan fingerprint density at radius 3 is 2.48 bits per heavy atom. The van der Waals surface area contributed by atoms with Gasteiger partial charge < -0.3 is 10.6 Å². The average Bonchev–Trinajstić information content (AvgIpc) is 2.47. The van der Waals surface area contributed by atoms with Gasteiger partial charge in [0.25, 0.3) is 0 Å². The summed E-state index contributed by atoms with van der Waals surface area (Å²) in [6.07, 6.45) is 2.45. The van der Waals surface area contributed by atoms with Crippen molar-refractivity contribution >= 4 is 11.6 Å². The molecule has 0 unspecified atom stereocenters. The van der Waals surface area contributed by atoms with E-state index in [0.717, 1.165) is 35.5 Å². The fourth-order valence-electron chi connectivity index (χ4n) is 2.74. The quantitative estimate of drug-likeness (QED) is 0.876. The van der Waals surface area contributed by atoms with Crippen molar-refractivity contribution in [3.63, 3.8) is 0 Å². The number of rotatable bonds is 5. The minimum atomic E-state index is 0.549. The first kappa shape index (κ1) is 13.9. The second-order valence-corrected chi connectivity index (χ2v) is 5.78. The van der Waals surface area contributed by atoms with E-state index in [2.05, 4.69) is 34.4 Å². The van der Waals surface area contributed by atoms with Crippen LogP contribution in [0, 0.1) is 5.92 Å². The van der Waals surface area contributed by atoms with Crippen LogP contribution in [0.3, 0.4) is 0 Å². The van der Waals surface area contributed by atoms with Gasteiger partial charge >= 0.3 is 0 Å². The number of anilines is 2. The van der Waals surface area contributed by atoms with Crippen LogP contribution in [0.5, 0.6) is 0 Å². The Hall–Kier alpha value is -2.10. The number of aromatic nitrogens is 2. The molecule has 21 heavy (non-hydrogen) atoms. The summed E-state index contributed by atoms with van der Waals surface area (Å²) < 4.78 is 0. The summed E-state index contributed by atoms with van der Waals surface area (Å²) in [6.45, 7) is 5.22. The van der Waals surface area contributed by atoms with Crippen molar-refractivity contribution in [2.24, 2.45) is 5.92 Å². The molecule has 4 heteroatoms. The maximum absolute atomic E-state index is 4.67. The Labute approximate surface area is 126 Å². The van der Waals surface area contributed by atoms with Gasteiger partial charge in [0.2, 0.25) is 0 Å². The van der Waals surface area contributed by atoms with Crippen LogP contribution in [0.25, 0.3) is 11.4 Å². The Kier molecular flexibility index (Phi) is 4.04. The molecule has 0 amide bonds. The number of nitrogens with one attached hydrogen (secondary N) is 2. The third kappa shape index (κ3) is 3.32. The summed E-state index contributed by atoms with van der Waals surface area (Å²) in [5, 5.41) is 6.81. The van der Waals surface area contributed by atoms with Crippen LogP contribution in [-0.4, -0.2) is 22.6 Å². The number of hydrogen-bond acceptors (Lipinski definition) is 4. The third-order valence-electron chi connectivity index (χ3n) is 3.84. The average molecular weight is 282 g/mol. The zero-order valence-electron chi connectivity index (χ0n) is 12.6. The van der Waals surface area contributed by atoms with Gasteiger partial charge in [0.05, 0.1) is 0 Å². The molecule has 1 aromatic carbocycles. The topological polar surface area (TPSA) is 49.8 Å². The predicted molar refractivity (Wildman–Crippen MR) is 87.4 cm³/mol. The normalized spacial score (nSPS) is 20.7. The number of nitrogens with zero attached hydrogens (tertiary/aromatic N) is 2. The fraction of sp³-hybridized carbons (Fsp3) is 0.412. The molecule has 0 saturated heterocycles. The second-order valence-electron chi connectivity index (χ2n) is 5.78. The van der Waals surface area contributed by atoms with Gasteiger partial charge in [0.1, 0.15) is 11.6 Å². The van der Waals surface area contributed by atoms with E-state index in [1.165, 1.54) is 12.8 Å². The lowest BCUT2D eigenvalue weighted by molar-refractivity contribution is 0.308. The molecule has 1 saturated carbocycles. The van der Waals surface area contributed by atoms with Crippen LogP contribution in [0.15, 0.2) is 36.4 Å². The Balaban J connectivity index is 1.87. The molecule has 1 aromatic heterocycles.